The van der Waals surface area contributed by atoms with E-state index in [0.29, 0.717) is 12.0 Å². The number of nitrogens with zero attached hydrogens (tertiary/aromatic N) is 1. The zero-order chi connectivity index (χ0) is 16.0. The SMILES string of the molecule is CCC(CC)N(CC(C)C)CC1CC(C(C)C)CCC1N. The summed E-state index contributed by atoms with van der Waals surface area (Å²) in [5.74, 6) is 3.14. The first-order chi connectivity index (χ1) is 9.88. The average molecular weight is 297 g/mol. The first-order valence-corrected chi connectivity index (χ1v) is 9.38. The predicted octanol–water partition coefficient (Wildman–Crippen LogP) is 4.53. The van der Waals surface area contributed by atoms with Crippen molar-refractivity contribution in [2.24, 2.45) is 29.4 Å². The highest BCUT2D eigenvalue weighted by atomic mass is 15.2. The summed E-state index contributed by atoms with van der Waals surface area (Å²) in [6.45, 7) is 16.5. The molecule has 0 aliphatic heterocycles. The molecule has 0 bridgehead atoms. The normalized spacial score (nSPS) is 27.3. The van der Waals surface area contributed by atoms with Gasteiger partial charge in [-0.05, 0) is 55.8 Å². The van der Waals surface area contributed by atoms with Crippen LogP contribution in [0.25, 0.3) is 0 Å². The van der Waals surface area contributed by atoms with Gasteiger partial charge in [0.05, 0.1) is 0 Å². The lowest BCUT2D eigenvalue weighted by Crippen LogP contribution is -2.47. The van der Waals surface area contributed by atoms with Crippen LogP contribution in [-0.4, -0.2) is 30.1 Å². The number of hydrogen-bond acceptors (Lipinski definition) is 2. The maximum atomic E-state index is 6.48. The fourth-order valence-electron chi connectivity index (χ4n) is 4.09. The van der Waals surface area contributed by atoms with Crippen LogP contribution in [0.5, 0.6) is 0 Å². The number of nitrogens with two attached hydrogens (primary N) is 1. The van der Waals surface area contributed by atoms with E-state index in [4.69, 9.17) is 5.73 Å². The summed E-state index contributed by atoms with van der Waals surface area (Å²) < 4.78 is 0. The Morgan fingerprint density at radius 2 is 1.67 bits per heavy atom. The molecule has 21 heavy (non-hydrogen) atoms. The van der Waals surface area contributed by atoms with Crippen molar-refractivity contribution in [3.63, 3.8) is 0 Å². The van der Waals surface area contributed by atoms with Gasteiger partial charge in [-0.2, -0.15) is 0 Å². The van der Waals surface area contributed by atoms with Gasteiger partial charge in [-0.15, -0.1) is 0 Å². The smallest absolute Gasteiger partial charge is 0.00902 e. The van der Waals surface area contributed by atoms with Gasteiger partial charge in [0.25, 0.3) is 0 Å². The fourth-order valence-corrected chi connectivity index (χ4v) is 4.09. The molecule has 3 atom stereocenters. The maximum Gasteiger partial charge on any atom is 0.00902 e. The standard InChI is InChI=1S/C19H40N2/c1-7-18(8-2)21(12-14(3)4)13-17-11-16(15(5)6)9-10-19(17)20/h14-19H,7-13,20H2,1-6H3. The molecule has 3 unspecified atom stereocenters. The van der Waals surface area contributed by atoms with E-state index in [1.54, 1.807) is 0 Å². The highest BCUT2D eigenvalue weighted by Gasteiger charge is 2.32. The number of rotatable bonds is 8. The Morgan fingerprint density at radius 3 is 2.14 bits per heavy atom. The van der Waals surface area contributed by atoms with Crippen LogP contribution < -0.4 is 5.73 Å². The van der Waals surface area contributed by atoms with Crippen molar-refractivity contribution in [1.82, 2.24) is 4.90 Å². The third-order valence-corrected chi connectivity index (χ3v) is 5.55. The lowest BCUT2D eigenvalue weighted by molar-refractivity contribution is 0.0954. The minimum Gasteiger partial charge on any atom is -0.327 e. The van der Waals surface area contributed by atoms with E-state index in [9.17, 15) is 0 Å². The molecule has 0 saturated heterocycles. The van der Waals surface area contributed by atoms with Crippen molar-refractivity contribution in [2.45, 2.75) is 85.7 Å². The first-order valence-electron chi connectivity index (χ1n) is 9.38. The molecule has 1 aliphatic carbocycles. The van der Waals surface area contributed by atoms with Crippen molar-refractivity contribution >= 4 is 0 Å². The highest BCUT2D eigenvalue weighted by molar-refractivity contribution is 4.87. The summed E-state index contributed by atoms with van der Waals surface area (Å²) in [5, 5.41) is 0. The van der Waals surface area contributed by atoms with E-state index in [2.05, 4.69) is 46.4 Å². The molecule has 0 aromatic rings. The van der Waals surface area contributed by atoms with Gasteiger partial charge in [-0.1, -0.05) is 41.5 Å². The molecule has 1 aliphatic rings. The summed E-state index contributed by atoms with van der Waals surface area (Å²) in [5.41, 5.74) is 6.48. The molecule has 0 radical (unpaired) electrons. The zero-order valence-corrected chi connectivity index (χ0v) is 15.4. The van der Waals surface area contributed by atoms with Crippen molar-refractivity contribution in [3.05, 3.63) is 0 Å². The Bertz CT molecular complexity index is 271. The Morgan fingerprint density at radius 1 is 1.05 bits per heavy atom. The summed E-state index contributed by atoms with van der Waals surface area (Å²) in [6.07, 6.45) is 6.43. The van der Waals surface area contributed by atoms with Gasteiger partial charge in [0, 0.05) is 25.2 Å². The number of hydrogen-bond donors (Lipinski definition) is 1. The fraction of sp³-hybridized carbons (Fsp3) is 1.00. The minimum atomic E-state index is 0.420. The zero-order valence-electron chi connectivity index (χ0n) is 15.4. The third-order valence-electron chi connectivity index (χ3n) is 5.55. The predicted molar refractivity (Wildman–Crippen MR) is 94.4 cm³/mol. The van der Waals surface area contributed by atoms with E-state index in [0.717, 1.165) is 23.8 Å². The quantitative estimate of drug-likeness (QED) is 0.713. The Labute approximate surface area is 133 Å². The second kappa shape index (κ2) is 9.15. The Kier molecular flexibility index (Phi) is 8.26. The molecule has 0 aromatic heterocycles. The van der Waals surface area contributed by atoms with Gasteiger partial charge < -0.3 is 5.73 Å². The van der Waals surface area contributed by atoms with Crippen LogP contribution in [0.15, 0.2) is 0 Å². The molecule has 2 heteroatoms. The molecular weight excluding hydrogens is 256 g/mol. The topological polar surface area (TPSA) is 29.3 Å². The molecule has 1 fully saturated rings. The molecule has 0 heterocycles. The van der Waals surface area contributed by atoms with Gasteiger partial charge in [-0.3, -0.25) is 4.90 Å². The Hall–Kier alpha value is -0.0800. The molecule has 1 saturated carbocycles. The van der Waals surface area contributed by atoms with Crippen LogP contribution >= 0.6 is 0 Å². The summed E-state index contributed by atoms with van der Waals surface area (Å²) in [4.78, 5) is 2.75. The van der Waals surface area contributed by atoms with Crippen molar-refractivity contribution in [3.8, 4) is 0 Å². The lowest BCUT2D eigenvalue weighted by Gasteiger charge is -2.41. The van der Waals surface area contributed by atoms with E-state index in [-0.39, 0.29) is 0 Å². The van der Waals surface area contributed by atoms with Crippen LogP contribution in [-0.2, 0) is 0 Å². The summed E-state index contributed by atoms with van der Waals surface area (Å²) in [6, 6.07) is 1.16. The molecule has 126 valence electrons. The van der Waals surface area contributed by atoms with Crippen LogP contribution in [0, 0.1) is 23.7 Å². The van der Waals surface area contributed by atoms with E-state index < -0.39 is 0 Å². The van der Waals surface area contributed by atoms with E-state index in [1.807, 2.05) is 0 Å². The lowest BCUT2D eigenvalue weighted by atomic mass is 9.73. The first kappa shape index (κ1) is 19.0. The largest absolute Gasteiger partial charge is 0.327 e. The monoisotopic (exact) mass is 296 g/mol. The highest BCUT2D eigenvalue weighted by Crippen LogP contribution is 2.34. The molecule has 0 aromatic carbocycles. The van der Waals surface area contributed by atoms with E-state index in [1.165, 1.54) is 45.2 Å². The van der Waals surface area contributed by atoms with E-state index >= 15 is 0 Å². The molecule has 0 spiro atoms. The van der Waals surface area contributed by atoms with Crippen molar-refractivity contribution < 1.29 is 0 Å². The molecular formula is C19H40N2. The second-order valence-electron chi connectivity index (χ2n) is 8.06. The van der Waals surface area contributed by atoms with Crippen LogP contribution in [0.4, 0.5) is 0 Å². The Balaban J connectivity index is 2.70. The van der Waals surface area contributed by atoms with Crippen LogP contribution in [0.3, 0.4) is 0 Å². The molecule has 1 rings (SSSR count). The van der Waals surface area contributed by atoms with Gasteiger partial charge >= 0.3 is 0 Å². The molecule has 0 amide bonds. The van der Waals surface area contributed by atoms with Crippen molar-refractivity contribution in [2.75, 3.05) is 13.1 Å². The molecule has 2 N–H and O–H groups in total. The average Bonchev–Trinajstić information content (AvgIpc) is 2.41. The third kappa shape index (κ3) is 5.90. The van der Waals surface area contributed by atoms with Gasteiger partial charge in [-0.25, -0.2) is 0 Å². The summed E-state index contributed by atoms with van der Waals surface area (Å²) >= 11 is 0. The second-order valence-corrected chi connectivity index (χ2v) is 8.06. The van der Waals surface area contributed by atoms with Crippen LogP contribution in [0.1, 0.15) is 73.6 Å². The van der Waals surface area contributed by atoms with Crippen molar-refractivity contribution in [1.29, 1.82) is 0 Å². The minimum absolute atomic E-state index is 0.420. The van der Waals surface area contributed by atoms with Crippen LogP contribution in [0.2, 0.25) is 0 Å². The van der Waals surface area contributed by atoms with Gasteiger partial charge in [0.1, 0.15) is 0 Å². The van der Waals surface area contributed by atoms with Gasteiger partial charge in [0.2, 0.25) is 0 Å². The summed E-state index contributed by atoms with van der Waals surface area (Å²) in [7, 11) is 0. The molecule has 2 nitrogen and oxygen atoms in total. The van der Waals surface area contributed by atoms with Gasteiger partial charge in [0.15, 0.2) is 0 Å². The maximum absolute atomic E-state index is 6.48.